The maximum atomic E-state index is 12.4. The Morgan fingerprint density at radius 2 is 1.70 bits per heavy atom. The van der Waals surface area contributed by atoms with Gasteiger partial charge in [-0.25, -0.2) is 0 Å². The lowest BCUT2D eigenvalue weighted by Crippen LogP contribution is -2.27. The number of para-hydroxylation sites is 1. The second kappa shape index (κ2) is 6.16. The number of rotatable bonds is 3. The number of carbonyl (C=O) groups is 1. The summed E-state index contributed by atoms with van der Waals surface area (Å²) < 4.78 is 0. The fourth-order valence-corrected chi connectivity index (χ4v) is 2.46. The average Bonchev–Trinajstić information content (AvgIpc) is 2.41. The molecule has 20 heavy (non-hydrogen) atoms. The van der Waals surface area contributed by atoms with Gasteiger partial charge in [0, 0.05) is 19.3 Å². The molecule has 0 spiro atoms. The predicted molar refractivity (Wildman–Crippen MR) is 83.1 cm³/mol. The number of hydrogen-bond donors (Lipinski definition) is 1. The zero-order valence-electron chi connectivity index (χ0n) is 10.9. The molecule has 1 amide bonds. The molecule has 0 radical (unpaired) electrons. The van der Waals surface area contributed by atoms with Crippen LogP contribution >= 0.6 is 23.2 Å². The number of amides is 1. The van der Waals surface area contributed by atoms with Gasteiger partial charge in [0.25, 0.3) is 5.91 Å². The first-order valence-corrected chi connectivity index (χ1v) is 6.79. The number of halogens is 2. The van der Waals surface area contributed by atoms with E-state index < -0.39 is 0 Å². The van der Waals surface area contributed by atoms with E-state index in [1.54, 1.807) is 36.2 Å². The minimum atomic E-state index is -0.233. The molecule has 0 bridgehead atoms. The molecule has 2 rings (SSSR count). The van der Waals surface area contributed by atoms with E-state index in [4.69, 9.17) is 28.9 Å². The Labute approximate surface area is 127 Å². The van der Waals surface area contributed by atoms with Gasteiger partial charge >= 0.3 is 0 Å². The number of carbonyl (C=O) groups excluding carboxylic acids is 1. The molecule has 0 aliphatic carbocycles. The van der Waals surface area contributed by atoms with Crippen molar-refractivity contribution in [2.45, 2.75) is 6.54 Å². The Hall–Kier alpha value is -1.71. The summed E-state index contributed by atoms with van der Waals surface area (Å²) in [7, 11) is 1.69. The number of hydrogen-bond acceptors (Lipinski definition) is 2. The highest BCUT2D eigenvalue weighted by Crippen LogP contribution is 2.26. The largest absolute Gasteiger partial charge is 0.398 e. The fraction of sp³-hybridized carbons (Fsp3) is 0.133. The van der Waals surface area contributed by atoms with Crippen molar-refractivity contribution >= 4 is 34.8 Å². The lowest BCUT2D eigenvalue weighted by Gasteiger charge is -2.19. The molecule has 0 aromatic heterocycles. The number of nitrogen functional groups attached to an aromatic ring is 1. The monoisotopic (exact) mass is 308 g/mol. The molecule has 104 valence electrons. The van der Waals surface area contributed by atoms with Crippen LogP contribution < -0.4 is 5.73 Å². The molecule has 0 atom stereocenters. The highest BCUT2D eigenvalue weighted by molar-refractivity contribution is 6.39. The standard InChI is InChI=1S/C15H14Cl2N2O/c1-19(9-10-5-2-3-8-13(10)18)15(20)14-11(16)6-4-7-12(14)17/h2-8H,9,18H2,1H3. The molecule has 0 aliphatic rings. The summed E-state index contributed by atoms with van der Waals surface area (Å²) >= 11 is 12.1. The Morgan fingerprint density at radius 1 is 1.10 bits per heavy atom. The lowest BCUT2D eigenvalue weighted by molar-refractivity contribution is 0.0786. The van der Waals surface area contributed by atoms with E-state index >= 15 is 0 Å². The van der Waals surface area contributed by atoms with E-state index in [0.717, 1.165) is 5.56 Å². The lowest BCUT2D eigenvalue weighted by atomic mass is 10.1. The van der Waals surface area contributed by atoms with Crippen molar-refractivity contribution < 1.29 is 4.79 Å². The van der Waals surface area contributed by atoms with Gasteiger partial charge in [-0.1, -0.05) is 47.5 Å². The molecular weight excluding hydrogens is 295 g/mol. The molecule has 2 aromatic carbocycles. The Balaban J connectivity index is 2.24. The van der Waals surface area contributed by atoms with Crippen molar-refractivity contribution in [2.24, 2.45) is 0 Å². The third-order valence-corrected chi connectivity index (χ3v) is 3.62. The molecule has 0 aliphatic heterocycles. The van der Waals surface area contributed by atoms with E-state index in [2.05, 4.69) is 0 Å². The Morgan fingerprint density at radius 3 is 2.30 bits per heavy atom. The number of anilines is 1. The Kier molecular flexibility index (Phi) is 4.53. The van der Waals surface area contributed by atoms with Gasteiger partial charge in [-0.15, -0.1) is 0 Å². The normalized spacial score (nSPS) is 10.3. The van der Waals surface area contributed by atoms with Crippen LogP contribution in [0.5, 0.6) is 0 Å². The predicted octanol–water partition coefficient (Wildman–Crippen LogP) is 3.85. The van der Waals surface area contributed by atoms with Crippen LogP contribution in [-0.2, 0) is 6.54 Å². The summed E-state index contributed by atoms with van der Waals surface area (Å²) in [5.74, 6) is -0.233. The highest BCUT2D eigenvalue weighted by Gasteiger charge is 2.19. The smallest absolute Gasteiger partial charge is 0.256 e. The summed E-state index contributed by atoms with van der Waals surface area (Å²) in [4.78, 5) is 14.0. The first kappa shape index (κ1) is 14.7. The van der Waals surface area contributed by atoms with Crippen LogP contribution in [0.15, 0.2) is 42.5 Å². The first-order chi connectivity index (χ1) is 9.50. The van der Waals surface area contributed by atoms with Gasteiger partial charge in [0.2, 0.25) is 0 Å². The van der Waals surface area contributed by atoms with Crippen molar-refractivity contribution in [1.29, 1.82) is 0 Å². The van der Waals surface area contributed by atoms with Gasteiger partial charge in [-0.2, -0.15) is 0 Å². The van der Waals surface area contributed by atoms with Crippen molar-refractivity contribution in [2.75, 3.05) is 12.8 Å². The van der Waals surface area contributed by atoms with Crippen LogP contribution in [0.1, 0.15) is 15.9 Å². The quantitative estimate of drug-likeness (QED) is 0.875. The van der Waals surface area contributed by atoms with Crippen LogP contribution in [0, 0.1) is 0 Å². The van der Waals surface area contributed by atoms with Gasteiger partial charge in [0.1, 0.15) is 0 Å². The molecule has 2 N–H and O–H groups in total. The molecule has 2 aromatic rings. The zero-order valence-corrected chi connectivity index (χ0v) is 12.4. The van der Waals surface area contributed by atoms with Crippen LogP contribution in [0.2, 0.25) is 10.0 Å². The molecule has 0 saturated carbocycles. The van der Waals surface area contributed by atoms with Gasteiger partial charge in [-0.3, -0.25) is 4.79 Å². The van der Waals surface area contributed by atoms with Crippen LogP contribution in [0.3, 0.4) is 0 Å². The number of nitrogens with zero attached hydrogens (tertiary/aromatic N) is 1. The summed E-state index contributed by atoms with van der Waals surface area (Å²) in [6.07, 6.45) is 0. The molecule has 5 heteroatoms. The third kappa shape index (κ3) is 3.06. The van der Waals surface area contributed by atoms with Crippen LogP contribution in [0.4, 0.5) is 5.69 Å². The first-order valence-electron chi connectivity index (χ1n) is 6.03. The van der Waals surface area contributed by atoms with E-state index in [-0.39, 0.29) is 5.91 Å². The number of benzene rings is 2. The second-order valence-corrected chi connectivity index (χ2v) is 5.27. The molecule has 0 unspecified atom stereocenters. The van der Waals surface area contributed by atoms with E-state index in [1.807, 2.05) is 18.2 Å². The maximum Gasteiger partial charge on any atom is 0.256 e. The van der Waals surface area contributed by atoms with Gasteiger partial charge in [-0.05, 0) is 23.8 Å². The van der Waals surface area contributed by atoms with Gasteiger partial charge in [0.05, 0.1) is 15.6 Å². The summed E-state index contributed by atoms with van der Waals surface area (Å²) in [5, 5.41) is 0.686. The minimum Gasteiger partial charge on any atom is -0.398 e. The van der Waals surface area contributed by atoms with Crippen molar-refractivity contribution in [3.63, 3.8) is 0 Å². The van der Waals surface area contributed by atoms with Crippen LogP contribution in [0.25, 0.3) is 0 Å². The molecule has 0 fully saturated rings. The summed E-state index contributed by atoms with van der Waals surface area (Å²) in [6, 6.07) is 12.4. The van der Waals surface area contributed by atoms with Crippen molar-refractivity contribution in [3.8, 4) is 0 Å². The average molecular weight is 309 g/mol. The van der Waals surface area contributed by atoms with E-state index in [0.29, 0.717) is 27.8 Å². The second-order valence-electron chi connectivity index (χ2n) is 4.46. The topological polar surface area (TPSA) is 46.3 Å². The van der Waals surface area contributed by atoms with Gasteiger partial charge in [0.15, 0.2) is 0 Å². The maximum absolute atomic E-state index is 12.4. The van der Waals surface area contributed by atoms with Gasteiger partial charge < -0.3 is 10.6 Å². The highest BCUT2D eigenvalue weighted by atomic mass is 35.5. The molecule has 0 saturated heterocycles. The molecule has 0 heterocycles. The van der Waals surface area contributed by atoms with E-state index in [1.165, 1.54) is 0 Å². The van der Waals surface area contributed by atoms with Crippen LogP contribution in [-0.4, -0.2) is 17.9 Å². The molecule has 3 nitrogen and oxygen atoms in total. The third-order valence-electron chi connectivity index (χ3n) is 2.99. The zero-order chi connectivity index (χ0) is 14.7. The van der Waals surface area contributed by atoms with Crippen molar-refractivity contribution in [3.05, 3.63) is 63.6 Å². The fourth-order valence-electron chi connectivity index (χ4n) is 1.90. The van der Waals surface area contributed by atoms with Crippen molar-refractivity contribution in [1.82, 2.24) is 4.90 Å². The van der Waals surface area contributed by atoms with E-state index in [9.17, 15) is 4.79 Å². The summed E-state index contributed by atoms with van der Waals surface area (Å²) in [5.41, 5.74) is 7.72. The SMILES string of the molecule is CN(Cc1ccccc1N)C(=O)c1c(Cl)cccc1Cl. The Bertz CT molecular complexity index is 623. The molecular formula is C15H14Cl2N2O. The summed E-state index contributed by atoms with van der Waals surface area (Å²) in [6.45, 7) is 0.396. The minimum absolute atomic E-state index is 0.233. The number of nitrogens with two attached hydrogens (primary N) is 1.